The van der Waals surface area contributed by atoms with Crippen LogP contribution >= 0.6 is 0 Å². The molecule has 0 atom stereocenters. The van der Waals surface area contributed by atoms with E-state index in [1.165, 1.54) is 6.07 Å². The summed E-state index contributed by atoms with van der Waals surface area (Å²) in [6.45, 7) is 0.409. The number of nitrogens with zero attached hydrogens (tertiary/aromatic N) is 1. The second-order valence-electron chi connectivity index (χ2n) is 4.27. The molecule has 1 aliphatic rings. The van der Waals surface area contributed by atoms with E-state index < -0.39 is 17.8 Å². The quantitative estimate of drug-likeness (QED) is 0.762. The van der Waals surface area contributed by atoms with Crippen LogP contribution in [0.25, 0.3) is 0 Å². The first-order valence-electron chi connectivity index (χ1n) is 5.23. The number of nitrogens with two attached hydrogens (primary N) is 1. The molecule has 0 aliphatic carbocycles. The fraction of sp³-hybridized carbons (Fsp3) is 0.364. The molecule has 4 nitrogen and oxygen atoms in total. The number of halogens is 3. The zero-order valence-corrected chi connectivity index (χ0v) is 9.24. The highest BCUT2D eigenvalue weighted by Gasteiger charge is 2.35. The van der Waals surface area contributed by atoms with E-state index in [1.807, 2.05) is 0 Å². The molecule has 1 saturated heterocycles. The third kappa shape index (κ3) is 2.34. The summed E-state index contributed by atoms with van der Waals surface area (Å²) in [6.07, 6.45) is -5.51. The van der Waals surface area contributed by atoms with Gasteiger partial charge in [-0.1, -0.05) is 0 Å². The molecule has 1 aromatic rings. The van der Waals surface area contributed by atoms with Crippen molar-refractivity contribution in [3.8, 4) is 0 Å². The first-order chi connectivity index (χ1) is 8.27. The van der Waals surface area contributed by atoms with Gasteiger partial charge in [0.05, 0.1) is 5.56 Å². The van der Waals surface area contributed by atoms with Crippen molar-refractivity contribution < 1.29 is 23.1 Å². The van der Waals surface area contributed by atoms with Crippen molar-refractivity contribution in [2.45, 2.75) is 12.1 Å². The number of hydrogen-bond donors (Lipinski definition) is 2. The number of anilines is 1. The Morgan fingerprint density at radius 1 is 1.33 bits per heavy atom. The number of nitrogen functional groups attached to an aromatic ring is 1. The number of carboxylic acid groups (broad SMARTS) is 1. The van der Waals surface area contributed by atoms with E-state index in [1.54, 1.807) is 0 Å². The van der Waals surface area contributed by atoms with Gasteiger partial charge < -0.3 is 15.7 Å². The Kier molecular flexibility index (Phi) is 2.84. The molecule has 0 unspecified atom stereocenters. The molecular formula is C11H11F3N2O2. The maximum absolute atomic E-state index is 12.6. The van der Waals surface area contributed by atoms with Crippen molar-refractivity contribution in [1.82, 2.24) is 4.90 Å². The Labute approximate surface area is 101 Å². The minimum absolute atomic E-state index is 0.0357. The first kappa shape index (κ1) is 12.5. The smallest absolute Gasteiger partial charge is 0.416 e. The highest BCUT2D eigenvalue weighted by atomic mass is 19.4. The molecule has 98 valence electrons. The number of amides is 1. The maximum atomic E-state index is 12.6. The standard InChI is InChI=1S/C11H11F3N2O2/c12-11(13,14)8-1-6(2-9(15)3-8)7-4-16(5-7)10(17)18/h1-3,7H,4-5,15H2,(H,17,18). The Morgan fingerprint density at radius 2 is 1.94 bits per heavy atom. The Balaban J connectivity index is 2.20. The van der Waals surface area contributed by atoms with Gasteiger partial charge >= 0.3 is 12.3 Å². The lowest BCUT2D eigenvalue weighted by molar-refractivity contribution is -0.137. The molecule has 1 aromatic carbocycles. The molecule has 0 spiro atoms. The van der Waals surface area contributed by atoms with Crippen molar-refractivity contribution >= 4 is 11.8 Å². The third-order valence-corrected chi connectivity index (χ3v) is 2.93. The van der Waals surface area contributed by atoms with Crippen molar-refractivity contribution in [2.75, 3.05) is 18.8 Å². The van der Waals surface area contributed by atoms with Gasteiger partial charge in [-0.15, -0.1) is 0 Å². The maximum Gasteiger partial charge on any atom is 0.416 e. The molecule has 0 radical (unpaired) electrons. The zero-order valence-electron chi connectivity index (χ0n) is 9.24. The summed E-state index contributed by atoms with van der Waals surface area (Å²) in [4.78, 5) is 11.7. The molecular weight excluding hydrogens is 249 g/mol. The highest BCUT2D eigenvalue weighted by Crippen LogP contribution is 2.35. The fourth-order valence-corrected chi connectivity index (χ4v) is 1.92. The van der Waals surface area contributed by atoms with Crippen molar-refractivity contribution in [3.05, 3.63) is 29.3 Å². The lowest BCUT2D eigenvalue weighted by Crippen LogP contribution is -2.47. The molecule has 0 aromatic heterocycles. The van der Waals surface area contributed by atoms with Crippen LogP contribution in [-0.4, -0.2) is 29.2 Å². The summed E-state index contributed by atoms with van der Waals surface area (Å²) in [5.74, 6) is -0.217. The van der Waals surface area contributed by atoms with Crippen molar-refractivity contribution in [2.24, 2.45) is 0 Å². The highest BCUT2D eigenvalue weighted by molar-refractivity contribution is 5.66. The van der Waals surface area contributed by atoms with Crippen molar-refractivity contribution in [3.63, 3.8) is 0 Å². The van der Waals surface area contributed by atoms with Crippen LogP contribution in [0.5, 0.6) is 0 Å². The van der Waals surface area contributed by atoms with Crippen LogP contribution in [0, 0.1) is 0 Å². The number of carbonyl (C=O) groups is 1. The SMILES string of the molecule is Nc1cc(C2CN(C(=O)O)C2)cc(C(F)(F)F)c1. The van der Waals surface area contributed by atoms with E-state index in [4.69, 9.17) is 10.8 Å². The Hall–Kier alpha value is -1.92. The molecule has 1 heterocycles. The fourth-order valence-electron chi connectivity index (χ4n) is 1.92. The first-order valence-corrected chi connectivity index (χ1v) is 5.23. The summed E-state index contributed by atoms with van der Waals surface area (Å²) in [7, 11) is 0. The summed E-state index contributed by atoms with van der Waals surface area (Å²) >= 11 is 0. The van der Waals surface area contributed by atoms with Crippen LogP contribution in [0.1, 0.15) is 17.0 Å². The van der Waals surface area contributed by atoms with Crippen LogP contribution in [0.2, 0.25) is 0 Å². The van der Waals surface area contributed by atoms with Gasteiger partial charge in [-0.05, 0) is 23.8 Å². The Bertz CT molecular complexity index is 482. The van der Waals surface area contributed by atoms with E-state index in [0.29, 0.717) is 5.56 Å². The van der Waals surface area contributed by atoms with E-state index in [0.717, 1.165) is 17.0 Å². The normalized spacial score (nSPS) is 16.5. The second kappa shape index (κ2) is 4.08. The van der Waals surface area contributed by atoms with Crippen molar-refractivity contribution in [1.29, 1.82) is 0 Å². The van der Waals surface area contributed by atoms with Crippen LogP contribution in [0.15, 0.2) is 18.2 Å². The van der Waals surface area contributed by atoms with E-state index in [-0.39, 0.29) is 24.7 Å². The van der Waals surface area contributed by atoms with Gasteiger partial charge in [-0.3, -0.25) is 0 Å². The average molecular weight is 260 g/mol. The summed E-state index contributed by atoms with van der Waals surface area (Å²) in [5.41, 5.74) is 5.10. The number of rotatable bonds is 1. The van der Waals surface area contributed by atoms with E-state index in [2.05, 4.69) is 0 Å². The van der Waals surface area contributed by atoms with Gasteiger partial charge in [-0.25, -0.2) is 4.79 Å². The summed E-state index contributed by atoms with van der Waals surface area (Å²) < 4.78 is 37.7. The topological polar surface area (TPSA) is 66.6 Å². The molecule has 1 aliphatic heterocycles. The molecule has 0 saturated carbocycles. The predicted molar refractivity (Wildman–Crippen MR) is 58.2 cm³/mol. The van der Waals surface area contributed by atoms with Gasteiger partial charge in [0.2, 0.25) is 0 Å². The molecule has 1 fully saturated rings. The summed E-state index contributed by atoms with van der Waals surface area (Å²) in [6, 6.07) is 3.36. The van der Waals surface area contributed by atoms with Gasteiger partial charge in [0.25, 0.3) is 0 Å². The van der Waals surface area contributed by atoms with Crippen LogP contribution in [-0.2, 0) is 6.18 Å². The molecule has 2 rings (SSSR count). The number of hydrogen-bond acceptors (Lipinski definition) is 2. The molecule has 0 bridgehead atoms. The van der Waals surface area contributed by atoms with Gasteiger partial charge in [0.1, 0.15) is 0 Å². The Morgan fingerprint density at radius 3 is 2.44 bits per heavy atom. The molecule has 18 heavy (non-hydrogen) atoms. The van der Waals surface area contributed by atoms with E-state index in [9.17, 15) is 18.0 Å². The largest absolute Gasteiger partial charge is 0.465 e. The minimum atomic E-state index is -4.44. The lowest BCUT2D eigenvalue weighted by Gasteiger charge is -2.37. The number of alkyl halides is 3. The predicted octanol–water partition coefficient (Wildman–Crippen LogP) is 2.36. The lowest BCUT2D eigenvalue weighted by atomic mass is 9.90. The zero-order chi connectivity index (χ0) is 13.5. The van der Waals surface area contributed by atoms with Gasteiger partial charge in [0.15, 0.2) is 0 Å². The summed E-state index contributed by atoms with van der Waals surface area (Å²) in [5, 5.41) is 8.66. The minimum Gasteiger partial charge on any atom is -0.465 e. The average Bonchev–Trinajstić information content (AvgIpc) is 2.11. The molecule has 7 heteroatoms. The second-order valence-corrected chi connectivity index (χ2v) is 4.27. The number of benzene rings is 1. The van der Waals surface area contributed by atoms with Crippen LogP contribution in [0.3, 0.4) is 0 Å². The third-order valence-electron chi connectivity index (χ3n) is 2.93. The molecule has 1 amide bonds. The number of likely N-dealkylation sites (tertiary alicyclic amines) is 1. The van der Waals surface area contributed by atoms with Crippen LogP contribution < -0.4 is 5.73 Å². The van der Waals surface area contributed by atoms with E-state index >= 15 is 0 Å². The van der Waals surface area contributed by atoms with Gasteiger partial charge in [-0.2, -0.15) is 13.2 Å². The monoisotopic (exact) mass is 260 g/mol. The van der Waals surface area contributed by atoms with Gasteiger partial charge in [0, 0.05) is 24.7 Å². The van der Waals surface area contributed by atoms with Crippen LogP contribution in [0.4, 0.5) is 23.7 Å². The molecule has 3 N–H and O–H groups in total.